The third kappa shape index (κ3) is 15.9. The SMILES string of the molecule is C=C/C(=C\C=C\O)CNC(C)C.CC.CC(=O)O.Cc1cc(-c2ccccc2)c(C(F)(F)F)s1. The molecule has 1 aromatic heterocycles. The van der Waals surface area contributed by atoms with Gasteiger partial charge >= 0.3 is 6.18 Å². The molecule has 0 saturated heterocycles. The summed E-state index contributed by atoms with van der Waals surface area (Å²) in [5.74, 6) is -0.833. The Kier molecular flexibility index (Phi) is 18.2. The minimum atomic E-state index is -4.27. The molecule has 0 saturated carbocycles. The molecule has 1 aromatic carbocycles. The van der Waals surface area contributed by atoms with Crippen molar-refractivity contribution in [2.75, 3.05) is 6.54 Å². The van der Waals surface area contributed by atoms with Crippen LogP contribution in [0.4, 0.5) is 13.2 Å². The van der Waals surface area contributed by atoms with E-state index < -0.39 is 17.0 Å². The predicted molar refractivity (Wildman–Crippen MR) is 137 cm³/mol. The van der Waals surface area contributed by atoms with E-state index in [1.165, 1.54) is 0 Å². The van der Waals surface area contributed by atoms with Crippen molar-refractivity contribution in [2.24, 2.45) is 0 Å². The topological polar surface area (TPSA) is 69.6 Å². The van der Waals surface area contributed by atoms with Gasteiger partial charge in [-0.1, -0.05) is 76.8 Å². The summed E-state index contributed by atoms with van der Waals surface area (Å²) in [4.78, 5) is 9.15. The summed E-state index contributed by atoms with van der Waals surface area (Å²) < 4.78 is 38.3. The summed E-state index contributed by atoms with van der Waals surface area (Å²) in [6.07, 6.45) is 1.92. The van der Waals surface area contributed by atoms with E-state index in [2.05, 4.69) is 25.7 Å². The van der Waals surface area contributed by atoms with E-state index in [-0.39, 0.29) is 5.56 Å². The Balaban J connectivity index is 0. The van der Waals surface area contributed by atoms with Gasteiger partial charge in [0.1, 0.15) is 4.88 Å². The number of hydrogen-bond acceptors (Lipinski definition) is 4. The molecule has 0 aliphatic heterocycles. The predicted octanol–water partition coefficient (Wildman–Crippen LogP) is 8.03. The Morgan fingerprint density at radius 1 is 1.21 bits per heavy atom. The van der Waals surface area contributed by atoms with Gasteiger partial charge in [-0.3, -0.25) is 4.79 Å². The monoisotopic (exact) mass is 499 g/mol. The van der Waals surface area contributed by atoms with Crippen LogP contribution in [0.1, 0.15) is 44.4 Å². The minimum absolute atomic E-state index is 0.274. The molecule has 0 aliphatic carbocycles. The van der Waals surface area contributed by atoms with Gasteiger partial charge in [0.25, 0.3) is 5.97 Å². The first-order chi connectivity index (χ1) is 15.9. The maximum Gasteiger partial charge on any atom is 0.426 e. The molecule has 0 radical (unpaired) electrons. The van der Waals surface area contributed by atoms with E-state index >= 15 is 0 Å². The number of benzene rings is 1. The number of allylic oxidation sites excluding steroid dienone is 2. The second kappa shape index (κ2) is 18.6. The molecule has 8 heteroatoms. The quantitative estimate of drug-likeness (QED) is 0.278. The van der Waals surface area contributed by atoms with Crippen LogP contribution in [0.2, 0.25) is 0 Å². The second-order valence-corrected chi connectivity index (χ2v) is 8.06. The number of aliphatic carboxylic acids is 1. The number of alkyl halides is 3. The molecule has 0 spiro atoms. The largest absolute Gasteiger partial charge is 0.516 e. The number of hydrogen-bond donors (Lipinski definition) is 3. The zero-order valence-corrected chi connectivity index (χ0v) is 21.4. The lowest BCUT2D eigenvalue weighted by molar-refractivity contribution is -0.135. The summed E-state index contributed by atoms with van der Waals surface area (Å²) in [6.45, 7) is 15.4. The average molecular weight is 500 g/mol. The Bertz CT molecular complexity index is 882. The molecular weight excluding hydrogens is 463 g/mol. The number of nitrogens with one attached hydrogen (secondary N) is 1. The number of rotatable bonds is 6. The van der Waals surface area contributed by atoms with Gasteiger partial charge in [0.15, 0.2) is 0 Å². The number of halogens is 3. The Hall–Kier alpha value is -2.84. The van der Waals surface area contributed by atoms with Gasteiger partial charge < -0.3 is 15.5 Å². The van der Waals surface area contributed by atoms with Crippen LogP contribution in [0.5, 0.6) is 0 Å². The van der Waals surface area contributed by atoms with E-state index in [0.717, 1.165) is 36.6 Å². The molecule has 3 N–H and O–H groups in total. The molecule has 0 unspecified atom stereocenters. The van der Waals surface area contributed by atoms with Crippen LogP contribution in [0.15, 0.2) is 73.0 Å². The zero-order chi connectivity index (χ0) is 26.7. The van der Waals surface area contributed by atoms with Crippen LogP contribution in [0.3, 0.4) is 0 Å². The van der Waals surface area contributed by atoms with E-state index in [4.69, 9.17) is 15.0 Å². The molecule has 0 amide bonds. The van der Waals surface area contributed by atoms with Crippen molar-refractivity contribution in [3.05, 3.63) is 82.8 Å². The third-order valence-corrected chi connectivity index (χ3v) is 4.67. The standard InChI is InChI=1S/C12H9F3S.C10H17NO.C2H4O2.C2H6/c1-8-7-10(9-5-3-2-4-6-9)11(16-8)12(13,14)15;1-4-10(6-5-7-12)8-11-9(2)3;1-2(3)4;1-2/h2-7H,1H3;4-7,9,11-12H,1,8H2,2-3H3;1H3,(H,3,4);1-2H3/b;7-5+,10-6+;;. The van der Waals surface area contributed by atoms with Gasteiger partial charge in [-0.05, 0) is 30.2 Å². The number of aliphatic hydroxyl groups is 1. The molecule has 1 heterocycles. The van der Waals surface area contributed by atoms with E-state index in [0.29, 0.717) is 16.5 Å². The number of aliphatic hydroxyl groups excluding tert-OH is 1. The van der Waals surface area contributed by atoms with Crippen LogP contribution < -0.4 is 5.32 Å². The molecule has 0 atom stereocenters. The van der Waals surface area contributed by atoms with Gasteiger partial charge in [-0.25, -0.2) is 0 Å². The molecule has 0 aliphatic rings. The number of carbonyl (C=O) groups is 1. The maximum absolute atomic E-state index is 12.8. The Morgan fingerprint density at radius 2 is 1.74 bits per heavy atom. The first-order valence-corrected chi connectivity index (χ1v) is 11.5. The van der Waals surface area contributed by atoms with Gasteiger partial charge in [0.05, 0.1) is 6.26 Å². The highest BCUT2D eigenvalue weighted by Crippen LogP contribution is 2.42. The number of carboxylic acids is 1. The molecule has 2 rings (SSSR count). The van der Waals surface area contributed by atoms with Crippen LogP contribution in [0, 0.1) is 6.92 Å². The summed E-state index contributed by atoms with van der Waals surface area (Å²) in [7, 11) is 0. The van der Waals surface area contributed by atoms with Crippen molar-refractivity contribution < 1.29 is 28.2 Å². The van der Waals surface area contributed by atoms with Crippen LogP contribution in [-0.2, 0) is 11.0 Å². The fraction of sp³-hybridized carbons (Fsp3) is 0.346. The summed E-state index contributed by atoms with van der Waals surface area (Å²) in [6, 6.07) is 10.7. The molecule has 4 nitrogen and oxygen atoms in total. The van der Waals surface area contributed by atoms with Crippen LogP contribution in [-0.4, -0.2) is 28.8 Å². The lowest BCUT2D eigenvalue weighted by Gasteiger charge is -2.07. The number of thiophene rings is 1. The fourth-order valence-electron chi connectivity index (χ4n) is 2.24. The summed E-state index contributed by atoms with van der Waals surface area (Å²) >= 11 is 0.791. The van der Waals surface area contributed by atoms with Crippen molar-refractivity contribution in [3.63, 3.8) is 0 Å². The maximum atomic E-state index is 12.8. The third-order valence-electron chi connectivity index (χ3n) is 3.57. The van der Waals surface area contributed by atoms with Crippen molar-refractivity contribution in [2.45, 2.75) is 53.8 Å². The van der Waals surface area contributed by atoms with E-state index in [1.807, 2.05) is 19.9 Å². The number of carboxylic acid groups (broad SMARTS) is 1. The first kappa shape index (κ1) is 33.3. The van der Waals surface area contributed by atoms with Crippen molar-refractivity contribution in [1.82, 2.24) is 5.32 Å². The average Bonchev–Trinajstić information content (AvgIpc) is 3.18. The second-order valence-electron chi connectivity index (χ2n) is 6.81. The molecule has 190 valence electrons. The highest BCUT2D eigenvalue weighted by molar-refractivity contribution is 7.12. The van der Waals surface area contributed by atoms with Crippen molar-refractivity contribution in [1.29, 1.82) is 0 Å². The lowest BCUT2D eigenvalue weighted by Crippen LogP contribution is -2.24. The van der Waals surface area contributed by atoms with Crippen molar-refractivity contribution >= 4 is 17.3 Å². The normalized spacial score (nSPS) is 10.9. The molecule has 0 bridgehead atoms. The molecule has 0 fully saturated rings. The van der Waals surface area contributed by atoms with Gasteiger partial charge in [-0.15, -0.1) is 11.3 Å². The van der Waals surface area contributed by atoms with Gasteiger partial charge in [0.2, 0.25) is 0 Å². The Labute approximate surface area is 205 Å². The first-order valence-electron chi connectivity index (χ1n) is 10.7. The van der Waals surface area contributed by atoms with Gasteiger partial charge in [-0.2, -0.15) is 13.2 Å². The lowest BCUT2D eigenvalue weighted by atomic mass is 10.1. The fourth-order valence-corrected chi connectivity index (χ4v) is 3.15. The molecular formula is C26H36F3NO3S. The summed E-state index contributed by atoms with van der Waals surface area (Å²) in [5.41, 5.74) is 1.95. The molecule has 34 heavy (non-hydrogen) atoms. The van der Waals surface area contributed by atoms with Crippen molar-refractivity contribution in [3.8, 4) is 11.1 Å². The Morgan fingerprint density at radius 3 is 2.15 bits per heavy atom. The summed E-state index contributed by atoms with van der Waals surface area (Å²) in [5, 5.41) is 19.1. The van der Waals surface area contributed by atoms with E-state index in [1.54, 1.807) is 55.5 Å². The minimum Gasteiger partial charge on any atom is -0.516 e. The zero-order valence-electron chi connectivity index (χ0n) is 20.6. The highest BCUT2D eigenvalue weighted by atomic mass is 32.1. The smallest absolute Gasteiger partial charge is 0.426 e. The highest BCUT2D eigenvalue weighted by Gasteiger charge is 2.35. The number of aryl methyl sites for hydroxylation is 1. The molecule has 2 aromatic rings. The van der Waals surface area contributed by atoms with Crippen LogP contribution in [0.25, 0.3) is 11.1 Å². The van der Waals surface area contributed by atoms with E-state index in [9.17, 15) is 13.2 Å². The van der Waals surface area contributed by atoms with Gasteiger partial charge in [0, 0.05) is 30.0 Å². The van der Waals surface area contributed by atoms with Crippen LogP contribution >= 0.6 is 11.3 Å².